The van der Waals surface area contributed by atoms with Gasteiger partial charge < -0.3 is 19.2 Å². The number of hydrogen-bond donors (Lipinski definition) is 0. The number of carboxylic acid groups (broad SMARTS) is 1. The van der Waals surface area contributed by atoms with Crippen molar-refractivity contribution in [2.45, 2.75) is 0 Å². The molecule has 0 aliphatic rings. The maximum atomic E-state index is 10.5. The SMILES string of the molecule is COc1ccc(-c2cc(C(=O)[O-])no2)cc1. The zero-order valence-electron chi connectivity index (χ0n) is 8.47. The van der Waals surface area contributed by atoms with Gasteiger partial charge in [0.2, 0.25) is 0 Å². The van der Waals surface area contributed by atoms with Gasteiger partial charge in [-0.25, -0.2) is 0 Å². The van der Waals surface area contributed by atoms with Crippen molar-refractivity contribution in [2.75, 3.05) is 7.11 Å². The molecule has 16 heavy (non-hydrogen) atoms. The van der Waals surface area contributed by atoms with E-state index >= 15 is 0 Å². The Kier molecular flexibility index (Phi) is 2.59. The van der Waals surface area contributed by atoms with Gasteiger partial charge in [-0.1, -0.05) is 5.16 Å². The number of hydrogen-bond acceptors (Lipinski definition) is 5. The first-order valence-electron chi connectivity index (χ1n) is 4.53. The summed E-state index contributed by atoms with van der Waals surface area (Å²) >= 11 is 0. The molecule has 5 nitrogen and oxygen atoms in total. The summed E-state index contributed by atoms with van der Waals surface area (Å²) in [6.45, 7) is 0. The predicted molar refractivity (Wildman–Crippen MR) is 52.8 cm³/mol. The minimum atomic E-state index is -1.36. The second-order valence-corrected chi connectivity index (χ2v) is 3.09. The Morgan fingerprint density at radius 2 is 2.06 bits per heavy atom. The molecule has 5 heteroatoms. The molecule has 2 rings (SSSR count). The van der Waals surface area contributed by atoms with E-state index in [1.165, 1.54) is 6.07 Å². The highest BCUT2D eigenvalue weighted by molar-refractivity contribution is 5.84. The fourth-order valence-electron chi connectivity index (χ4n) is 1.26. The number of ether oxygens (including phenoxy) is 1. The molecule has 0 N–H and O–H groups in total. The summed E-state index contributed by atoms with van der Waals surface area (Å²) in [6, 6.07) is 8.31. The van der Waals surface area contributed by atoms with E-state index in [1.54, 1.807) is 31.4 Å². The topological polar surface area (TPSA) is 75.4 Å². The quantitative estimate of drug-likeness (QED) is 0.758. The highest BCUT2D eigenvalue weighted by Gasteiger charge is 2.07. The first-order valence-corrected chi connectivity index (χ1v) is 4.53. The second-order valence-electron chi connectivity index (χ2n) is 3.09. The molecule has 0 amide bonds. The third-order valence-electron chi connectivity index (χ3n) is 2.09. The van der Waals surface area contributed by atoms with Crippen LogP contribution in [-0.4, -0.2) is 18.2 Å². The number of carboxylic acids is 1. The minimum absolute atomic E-state index is 0.217. The molecule has 0 bridgehead atoms. The van der Waals surface area contributed by atoms with Crippen LogP contribution < -0.4 is 9.84 Å². The van der Waals surface area contributed by atoms with E-state index < -0.39 is 5.97 Å². The normalized spacial score (nSPS) is 10.1. The molecular formula is C11H8NO4-. The minimum Gasteiger partial charge on any atom is -0.543 e. The van der Waals surface area contributed by atoms with E-state index in [4.69, 9.17) is 9.26 Å². The number of nitrogens with zero attached hydrogens (tertiary/aromatic N) is 1. The molecule has 1 heterocycles. The smallest absolute Gasteiger partial charge is 0.167 e. The van der Waals surface area contributed by atoms with E-state index in [1.807, 2.05) is 0 Å². The molecule has 0 atom stereocenters. The lowest BCUT2D eigenvalue weighted by Gasteiger charge is -1.99. The molecule has 0 fully saturated rings. The van der Waals surface area contributed by atoms with Crippen molar-refractivity contribution in [3.05, 3.63) is 36.0 Å². The summed E-state index contributed by atoms with van der Waals surface area (Å²) in [4.78, 5) is 10.5. The standard InChI is InChI=1S/C11H9NO4/c1-15-8-4-2-7(3-5-8)10-6-9(11(13)14)12-16-10/h2-6H,1H3,(H,13,14)/p-1. The highest BCUT2D eigenvalue weighted by Crippen LogP contribution is 2.22. The van der Waals surface area contributed by atoms with Gasteiger partial charge in [-0.05, 0) is 24.3 Å². The molecule has 0 aliphatic carbocycles. The second kappa shape index (κ2) is 4.06. The lowest BCUT2D eigenvalue weighted by molar-refractivity contribution is -0.255. The van der Waals surface area contributed by atoms with Crippen LogP contribution in [0.3, 0.4) is 0 Å². The van der Waals surface area contributed by atoms with Crippen LogP contribution in [0.25, 0.3) is 11.3 Å². The fraction of sp³-hybridized carbons (Fsp3) is 0.0909. The molecule has 0 unspecified atom stereocenters. The molecule has 0 aliphatic heterocycles. The van der Waals surface area contributed by atoms with Crippen molar-refractivity contribution in [3.8, 4) is 17.1 Å². The fourth-order valence-corrected chi connectivity index (χ4v) is 1.26. The number of carbonyl (C=O) groups is 1. The van der Waals surface area contributed by atoms with Crippen LogP contribution in [0.4, 0.5) is 0 Å². The Hall–Kier alpha value is -2.30. The lowest BCUT2D eigenvalue weighted by atomic mass is 10.1. The van der Waals surface area contributed by atoms with Gasteiger partial charge in [-0.15, -0.1) is 0 Å². The molecule has 82 valence electrons. The maximum absolute atomic E-state index is 10.5. The Morgan fingerprint density at radius 1 is 1.38 bits per heavy atom. The highest BCUT2D eigenvalue weighted by atomic mass is 16.5. The van der Waals surface area contributed by atoms with E-state index in [2.05, 4.69) is 5.16 Å². The van der Waals surface area contributed by atoms with Gasteiger partial charge in [0.25, 0.3) is 0 Å². The maximum Gasteiger partial charge on any atom is 0.167 e. The largest absolute Gasteiger partial charge is 0.543 e. The molecule has 1 aromatic heterocycles. The zero-order chi connectivity index (χ0) is 11.5. The summed E-state index contributed by atoms with van der Waals surface area (Å²) in [5.41, 5.74) is 0.506. The van der Waals surface area contributed by atoms with Crippen LogP contribution in [0.2, 0.25) is 0 Å². The summed E-state index contributed by atoms with van der Waals surface area (Å²) < 4.78 is 9.87. The Bertz CT molecular complexity index is 501. The molecular weight excluding hydrogens is 210 g/mol. The average molecular weight is 218 g/mol. The number of benzene rings is 1. The van der Waals surface area contributed by atoms with Crippen LogP contribution in [0.1, 0.15) is 10.5 Å². The van der Waals surface area contributed by atoms with Crippen molar-refractivity contribution in [1.29, 1.82) is 0 Å². The van der Waals surface area contributed by atoms with Crippen LogP contribution in [0, 0.1) is 0 Å². The van der Waals surface area contributed by atoms with Gasteiger partial charge in [-0.2, -0.15) is 0 Å². The van der Waals surface area contributed by atoms with E-state index in [-0.39, 0.29) is 5.69 Å². The molecule has 0 saturated heterocycles. The number of aromatic nitrogens is 1. The summed E-state index contributed by atoms with van der Waals surface area (Å²) in [5, 5.41) is 13.9. The van der Waals surface area contributed by atoms with Gasteiger partial charge in [0, 0.05) is 11.6 Å². The average Bonchev–Trinajstić information content (AvgIpc) is 2.78. The number of rotatable bonds is 3. The van der Waals surface area contributed by atoms with Gasteiger partial charge in [-0.3, -0.25) is 0 Å². The van der Waals surface area contributed by atoms with Gasteiger partial charge in [0.05, 0.1) is 13.1 Å². The van der Waals surface area contributed by atoms with E-state index in [0.29, 0.717) is 11.5 Å². The zero-order valence-corrected chi connectivity index (χ0v) is 8.47. The van der Waals surface area contributed by atoms with Crippen molar-refractivity contribution in [3.63, 3.8) is 0 Å². The predicted octanol–water partition coefficient (Wildman–Crippen LogP) is 0.714. The number of carbonyl (C=O) groups excluding carboxylic acids is 1. The number of aromatic carboxylic acids is 1. The Labute approximate surface area is 91.3 Å². The molecule has 2 aromatic rings. The molecule has 1 aromatic carbocycles. The van der Waals surface area contributed by atoms with Crippen molar-refractivity contribution in [1.82, 2.24) is 5.16 Å². The van der Waals surface area contributed by atoms with Crippen molar-refractivity contribution in [2.24, 2.45) is 0 Å². The van der Waals surface area contributed by atoms with Crippen LogP contribution in [0.5, 0.6) is 5.75 Å². The van der Waals surface area contributed by atoms with Gasteiger partial charge in [0.1, 0.15) is 11.4 Å². The number of methoxy groups -OCH3 is 1. The summed E-state index contributed by atoms with van der Waals surface area (Å²) in [7, 11) is 1.57. The third kappa shape index (κ3) is 1.88. The first-order chi connectivity index (χ1) is 7.70. The first kappa shape index (κ1) is 10.2. The van der Waals surface area contributed by atoms with Gasteiger partial charge >= 0.3 is 0 Å². The van der Waals surface area contributed by atoms with E-state index in [0.717, 1.165) is 5.56 Å². The third-order valence-corrected chi connectivity index (χ3v) is 2.09. The van der Waals surface area contributed by atoms with Crippen LogP contribution in [0.15, 0.2) is 34.9 Å². The van der Waals surface area contributed by atoms with Gasteiger partial charge in [0.15, 0.2) is 5.76 Å². The molecule has 0 spiro atoms. The molecule has 0 saturated carbocycles. The monoisotopic (exact) mass is 218 g/mol. The molecule has 0 radical (unpaired) electrons. The Balaban J connectivity index is 2.31. The van der Waals surface area contributed by atoms with Crippen LogP contribution >= 0.6 is 0 Å². The van der Waals surface area contributed by atoms with E-state index in [9.17, 15) is 9.90 Å². The summed E-state index contributed by atoms with van der Waals surface area (Å²) in [5.74, 6) is -0.270. The van der Waals surface area contributed by atoms with Crippen LogP contribution in [-0.2, 0) is 0 Å². The van der Waals surface area contributed by atoms with Crippen molar-refractivity contribution < 1.29 is 19.2 Å². The lowest BCUT2D eigenvalue weighted by Crippen LogP contribution is -2.22. The summed E-state index contributed by atoms with van der Waals surface area (Å²) in [6.07, 6.45) is 0. The van der Waals surface area contributed by atoms with Crippen molar-refractivity contribution >= 4 is 5.97 Å². The Morgan fingerprint density at radius 3 is 2.56 bits per heavy atom.